The molecule has 0 spiro atoms. The van der Waals surface area contributed by atoms with Gasteiger partial charge in [-0.1, -0.05) is 27.7 Å². The van der Waals surface area contributed by atoms with E-state index in [1.54, 1.807) is 38.5 Å². The van der Waals surface area contributed by atoms with Crippen molar-refractivity contribution in [3.8, 4) is 0 Å². The van der Waals surface area contributed by atoms with E-state index in [-0.39, 0.29) is 35.4 Å². The molecule has 8 atom stereocenters. The second kappa shape index (κ2) is 12.4. The van der Waals surface area contributed by atoms with Gasteiger partial charge in [0.1, 0.15) is 36.4 Å². The normalized spacial score (nSPS) is 28.5. The fourth-order valence-corrected chi connectivity index (χ4v) is 7.06. The molecule has 0 radical (unpaired) electrons. The van der Waals surface area contributed by atoms with Gasteiger partial charge in [-0.05, 0) is 6.42 Å². The number of hydrogen-bond acceptors (Lipinski definition) is 14. The minimum absolute atomic E-state index is 0.0220. The zero-order valence-corrected chi connectivity index (χ0v) is 26.2. The van der Waals surface area contributed by atoms with Crippen LogP contribution in [0.5, 0.6) is 0 Å². The maximum Gasteiger partial charge on any atom is 0.280 e. The summed E-state index contributed by atoms with van der Waals surface area (Å²) in [5, 5.41) is 23.6. The number of aliphatic hydroxyl groups excluding tert-OH is 2. The molecule has 46 heavy (non-hydrogen) atoms. The summed E-state index contributed by atoms with van der Waals surface area (Å²) in [4.78, 5) is 48.1. The Bertz CT molecular complexity index is 1910. The third-order valence-corrected chi connectivity index (χ3v) is 9.71. The van der Waals surface area contributed by atoms with Crippen LogP contribution < -0.4 is 10.9 Å². The van der Waals surface area contributed by atoms with Crippen molar-refractivity contribution in [3.63, 3.8) is 0 Å². The third-order valence-electron chi connectivity index (χ3n) is 8.46. The zero-order chi connectivity index (χ0) is 32.9. The number of nitrogens with zero attached hydrogens (tertiary/aromatic N) is 7. The van der Waals surface area contributed by atoms with Crippen LogP contribution in [0.3, 0.4) is 0 Å². The van der Waals surface area contributed by atoms with Crippen LogP contribution in [0, 0.1) is 17.8 Å². The predicted octanol–water partition coefficient (Wildman–Crippen LogP) is 0.0793. The summed E-state index contributed by atoms with van der Waals surface area (Å²) >= 11 is 0. The highest BCUT2D eigenvalue weighted by Gasteiger charge is 2.47. The Hall–Kier alpha value is -3.88. The summed E-state index contributed by atoms with van der Waals surface area (Å²) in [7, 11) is -4.16. The van der Waals surface area contributed by atoms with Crippen LogP contribution in [0.4, 0.5) is 5.95 Å². The standard InChI is InChI=1S/C27H35N9O9S/c1-12(2)23(39)33-27-32-22-18(24(40)34-27)31-11-36(22)26-19(38)13(3)16(43-26)5-6-46(41,42)45-20-14(4)25(44-17(20)8-37)35-10-30-15-7-28-9-29-21(15)35/h7,9-14,16-17,19-20,25-26,37-38H,5-6,8H2,1-4H3,(H2,32,33,34,39,40)/t13-,14-,16-,17-,19-,20+,25-,26-/m1/s1. The number of aromatic amines is 1. The second-order valence-electron chi connectivity index (χ2n) is 11.9. The second-order valence-corrected chi connectivity index (χ2v) is 13.6. The molecule has 6 heterocycles. The predicted molar refractivity (Wildman–Crippen MR) is 159 cm³/mol. The van der Waals surface area contributed by atoms with Crippen molar-refractivity contribution in [1.82, 2.24) is 39.0 Å². The number of rotatable bonds is 10. The number of aromatic nitrogens is 8. The fraction of sp³-hybridized carbons (Fsp3) is 0.593. The molecule has 248 valence electrons. The first-order valence-corrected chi connectivity index (χ1v) is 16.4. The summed E-state index contributed by atoms with van der Waals surface area (Å²) < 4.78 is 47.2. The molecule has 2 aliphatic rings. The summed E-state index contributed by atoms with van der Waals surface area (Å²) in [5.74, 6) is -2.26. The van der Waals surface area contributed by atoms with E-state index in [4.69, 9.17) is 13.7 Å². The molecule has 0 aromatic carbocycles. The quantitative estimate of drug-likeness (QED) is 0.165. The summed E-state index contributed by atoms with van der Waals surface area (Å²) in [6.07, 6.45) is 0.238. The summed E-state index contributed by atoms with van der Waals surface area (Å²) in [6.45, 7) is 6.38. The van der Waals surface area contributed by atoms with Gasteiger partial charge >= 0.3 is 0 Å². The summed E-state index contributed by atoms with van der Waals surface area (Å²) in [6, 6.07) is 0. The molecule has 18 nitrogen and oxygen atoms in total. The summed E-state index contributed by atoms with van der Waals surface area (Å²) in [5.41, 5.74) is 0.492. The first-order chi connectivity index (χ1) is 21.9. The lowest BCUT2D eigenvalue weighted by Gasteiger charge is -2.21. The van der Waals surface area contributed by atoms with Crippen molar-refractivity contribution in [1.29, 1.82) is 0 Å². The highest BCUT2D eigenvalue weighted by atomic mass is 32.2. The van der Waals surface area contributed by atoms with Crippen molar-refractivity contribution >= 4 is 44.3 Å². The van der Waals surface area contributed by atoms with Crippen LogP contribution in [-0.2, 0) is 28.6 Å². The number of carbonyl (C=O) groups is 1. The van der Waals surface area contributed by atoms with Gasteiger partial charge < -0.3 is 19.7 Å². The van der Waals surface area contributed by atoms with Crippen LogP contribution in [-0.4, -0.2) is 100 Å². The number of H-pyrrole nitrogens is 1. The lowest BCUT2D eigenvalue weighted by molar-refractivity contribution is -0.118. The SMILES string of the molecule is CC(C)C(=O)Nc1nc2c(ncn2[C@@H]2O[C@H](CCS(=O)(=O)O[C@H]3[C@@H](C)[C@H](n4cnc5cncnc54)O[C@@H]3CO)[C@@H](C)[C@H]2O)c(=O)[nH]1. The van der Waals surface area contributed by atoms with E-state index in [1.807, 2.05) is 0 Å². The van der Waals surface area contributed by atoms with Gasteiger partial charge in [0.25, 0.3) is 15.7 Å². The number of carbonyl (C=O) groups excluding carboxylic acids is 1. The third kappa shape index (κ3) is 5.89. The number of nitrogens with one attached hydrogen (secondary N) is 2. The molecule has 2 aliphatic heterocycles. The van der Waals surface area contributed by atoms with Gasteiger partial charge in [0.15, 0.2) is 23.0 Å². The van der Waals surface area contributed by atoms with Crippen molar-refractivity contribution in [2.45, 2.75) is 71.0 Å². The van der Waals surface area contributed by atoms with Gasteiger partial charge in [0, 0.05) is 17.8 Å². The largest absolute Gasteiger partial charge is 0.394 e. The Morgan fingerprint density at radius 3 is 2.54 bits per heavy atom. The van der Waals surface area contributed by atoms with E-state index in [0.29, 0.717) is 11.2 Å². The van der Waals surface area contributed by atoms with Crippen molar-refractivity contribution < 1.29 is 37.1 Å². The van der Waals surface area contributed by atoms with Crippen LogP contribution in [0.15, 0.2) is 30.0 Å². The lowest BCUT2D eigenvalue weighted by Crippen LogP contribution is -2.35. The lowest BCUT2D eigenvalue weighted by atomic mass is 9.99. The van der Waals surface area contributed by atoms with Crippen LogP contribution in [0.2, 0.25) is 0 Å². The van der Waals surface area contributed by atoms with E-state index in [0.717, 1.165) is 0 Å². The van der Waals surface area contributed by atoms with Crippen LogP contribution in [0.25, 0.3) is 22.3 Å². The molecule has 1 amide bonds. The first-order valence-electron chi connectivity index (χ1n) is 14.8. The number of aliphatic hydroxyl groups is 2. The number of fused-ring (bicyclic) bond motifs is 2. The van der Waals surface area contributed by atoms with Crippen LogP contribution >= 0.6 is 0 Å². The smallest absolute Gasteiger partial charge is 0.280 e. The fourth-order valence-electron chi connectivity index (χ4n) is 5.80. The molecule has 2 fully saturated rings. The van der Waals surface area contributed by atoms with Gasteiger partial charge in [-0.25, -0.2) is 19.9 Å². The molecule has 19 heteroatoms. The van der Waals surface area contributed by atoms with E-state index in [2.05, 4.69) is 35.2 Å². The Morgan fingerprint density at radius 2 is 1.80 bits per heavy atom. The highest BCUT2D eigenvalue weighted by Crippen LogP contribution is 2.39. The van der Waals surface area contributed by atoms with E-state index >= 15 is 0 Å². The molecular weight excluding hydrogens is 626 g/mol. The molecule has 6 rings (SSSR count). The number of anilines is 1. The average molecular weight is 662 g/mol. The Morgan fingerprint density at radius 1 is 1.09 bits per heavy atom. The molecule has 0 bridgehead atoms. The van der Waals surface area contributed by atoms with Gasteiger partial charge in [-0.3, -0.25) is 33.2 Å². The molecule has 4 aromatic heterocycles. The number of imidazole rings is 2. The van der Waals surface area contributed by atoms with Crippen LogP contribution in [0.1, 0.15) is 46.6 Å². The van der Waals surface area contributed by atoms with Gasteiger partial charge in [-0.2, -0.15) is 13.4 Å². The Balaban J connectivity index is 1.14. The number of hydrogen-bond donors (Lipinski definition) is 4. The molecule has 0 unspecified atom stereocenters. The van der Waals surface area contributed by atoms with Crippen molar-refractivity contribution in [3.05, 3.63) is 35.5 Å². The minimum Gasteiger partial charge on any atom is -0.394 e. The molecular formula is C27H35N9O9S. The maximum absolute atomic E-state index is 13.2. The molecule has 0 saturated carbocycles. The van der Waals surface area contributed by atoms with E-state index < -0.39 is 76.7 Å². The van der Waals surface area contributed by atoms with Gasteiger partial charge in [0.2, 0.25) is 11.9 Å². The minimum atomic E-state index is -4.16. The zero-order valence-electron chi connectivity index (χ0n) is 25.4. The molecule has 0 aliphatic carbocycles. The molecule has 2 saturated heterocycles. The Labute approximate surface area is 262 Å². The van der Waals surface area contributed by atoms with Gasteiger partial charge in [-0.15, -0.1) is 0 Å². The maximum atomic E-state index is 13.2. The van der Waals surface area contributed by atoms with E-state index in [9.17, 15) is 28.2 Å². The van der Waals surface area contributed by atoms with Crippen molar-refractivity contribution in [2.75, 3.05) is 17.7 Å². The van der Waals surface area contributed by atoms with Crippen molar-refractivity contribution in [2.24, 2.45) is 17.8 Å². The highest BCUT2D eigenvalue weighted by molar-refractivity contribution is 7.86. The number of ether oxygens (including phenoxy) is 2. The monoisotopic (exact) mass is 661 g/mol. The number of amides is 1. The van der Waals surface area contributed by atoms with Gasteiger partial charge in [0.05, 0.1) is 37.3 Å². The topological polar surface area (TPSA) is 239 Å². The first kappa shape index (κ1) is 32.1. The molecule has 4 aromatic rings. The van der Waals surface area contributed by atoms with E-state index in [1.165, 1.54) is 23.5 Å². The average Bonchev–Trinajstić information content (AvgIpc) is 3.77. The molecule has 4 N–H and O–H groups in total. The Kier molecular flexibility index (Phi) is 8.63.